The van der Waals surface area contributed by atoms with Gasteiger partial charge in [-0.3, -0.25) is 9.79 Å². The molecule has 1 amide bonds. The van der Waals surface area contributed by atoms with Crippen molar-refractivity contribution in [3.63, 3.8) is 0 Å². The Morgan fingerprint density at radius 1 is 1.26 bits per heavy atom. The van der Waals surface area contributed by atoms with Crippen LogP contribution in [-0.4, -0.2) is 50.2 Å². The van der Waals surface area contributed by atoms with Crippen LogP contribution in [0.5, 0.6) is 0 Å². The first-order valence-electron chi connectivity index (χ1n) is 13.6. The summed E-state index contributed by atoms with van der Waals surface area (Å²) in [7, 11) is 3.09. The molecule has 0 spiro atoms. The molecule has 1 N–H and O–H groups in total. The Labute approximate surface area is 226 Å². The summed E-state index contributed by atoms with van der Waals surface area (Å²) in [6.45, 7) is 8.16. The number of amides is 1. The maximum Gasteiger partial charge on any atom is 0.296 e. The highest BCUT2D eigenvalue weighted by atomic mass is 19.3. The number of alkyl halides is 3. The molecule has 2 aliphatic rings. The summed E-state index contributed by atoms with van der Waals surface area (Å²) in [5, 5.41) is 3.37. The van der Waals surface area contributed by atoms with Crippen LogP contribution in [0, 0.1) is 5.92 Å². The molecule has 8 heteroatoms. The fourth-order valence-electron chi connectivity index (χ4n) is 4.93. The molecule has 0 aromatic heterocycles. The summed E-state index contributed by atoms with van der Waals surface area (Å²) in [6, 6.07) is 5.79. The van der Waals surface area contributed by atoms with Gasteiger partial charge in [-0.2, -0.15) is 0 Å². The minimum Gasteiger partial charge on any atom is -0.315 e. The van der Waals surface area contributed by atoms with Crippen LogP contribution in [0.25, 0.3) is 0 Å². The number of amidine groups is 1. The summed E-state index contributed by atoms with van der Waals surface area (Å²) in [5.74, 6) is -0.153. The van der Waals surface area contributed by atoms with E-state index in [9.17, 15) is 13.6 Å². The Hall–Kier alpha value is -2.74. The fourth-order valence-corrected chi connectivity index (χ4v) is 4.93. The highest BCUT2D eigenvalue weighted by Gasteiger charge is 2.30. The van der Waals surface area contributed by atoms with Gasteiger partial charge in [-0.05, 0) is 74.6 Å². The van der Waals surface area contributed by atoms with E-state index in [0.29, 0.717) is 31.5 Å². The molecule has 1 aromatic rings. The van der Waals surface area contributed by atoms with E-state index < -0.39 is 18.4 Å². The fraction of sp³-hybridized carbons (Fsp3) is 0.567. The second-order valence-corrected chi connectivity index (χ2v) is 9.61. The second-order valence-electron chi connectivity index (χ2n) is 9.61. The Kier molecular flexibility index (Phi) is 12.9. The summed E-state index contributed by atoms with van der Waals surface area (Å²) in [4.78, 5) is 21.2. The van der Waals surface area contributed by atoms with E-state index in [1.54, 1.807) is 18.9 Å². The number of carbonyl (C=O) groups is 1. The molecule has 1 aliphatic carbocycles. The average molecular weight is 533 g/mol. The molecule has 1 saturated carbocycles. The SMILES string of the molecule is C/C=C\C=C(\CC[C@@H]1CC[C@@H](NCc2ccc3c(c2)N(C)C(=O)C3)[C@@H](F)C1)C(C)=NC(=NC)C(F)F.CC. The first-order chi connectivity index (χ1) is 18.2. The van der Waals surface area contributed by atoms with E-state index in [-0.39, 0.29) is 17.9 Å². The number of allylic oxidation sites excluding steroid dienone is 4. The largest absolute Gasteiger partial charge is 0.315 e. The third-order valence-corrected chi connectivity index (χ3v) is 7.16. The number of fused-ring (bicyclic) bond motifs is 1. The molecule has 38 heavy (non-hydrogen) atoms. The quantitative estimate of drug-likeness (QED) is 0.214. The number of aliphatic imine (C=N–C) groups is 2. The monoisotopic (exact) mass is 532 g/mol. The number of halogens is 3. The van der Waals surface area contributed by atoms with Gasteiger partial charge >= 0.3 is 0 Å². The first kappa shape index (κ1) is 31.5. The van der Waals surface area contributed by atoms with E-state index in [2.05, 4.69) is 15.3 Å². The smallest absolute Gasteiger partial charge is 0.296 e. The number of rotatable bonds is 9. The van der Waals surface area contributed by atoms with Gasteiger partial charge in [-0.15, -0.1) is 0 Å². The standard InChI is InChI=1S/C28H37F3N4O.C2H6/c1-5-6-7-21(18(2)34-28(32-3)27(30)31)11-8-19-10-13-24(23(29)14-19)33-17-20-9-12-22-16-26(36)35(4)25(22)15-20;1-2/h5-7,9,12,15,19,23-24,27,33H,8,10-11,13-14,16-17H2,1-4H3;1-2H3/b6-5-,21-7-,32-28?,34-18?;/t19-,23+,24-;/m1./s1. The van der Waals surface area contributed by atoms with Crippen molar-refractivity contribution in [1.82, 2.24) is 5.32 Å². The third kappa shape index (κ3) is 8.65. The Bertz CT molecular complexity index is 1050. The number of benzene rings is 1. The van der Waals surface area contributed by atoms with E-state index in [1.165, 1.54) is 7.05 Å². The van der Waals surface area contributed by atoms with Gasteiger partial charge < -0.3 is 10.2 Å². The molecule has 1 heterocycles. The molecule has 1 fully saturated rings. The highest BCUT2D eigenvalue weighted by Crippen LogP contribution is 2.32. The second kappa shape index (κ2) is 15.6. The van der Waals surface area contributed by atoms with Crippen molar-refractivity contribution in [2.45, 2.75) is 91.4 Å². The zero-order valence-electron chi connectivity index (χ0n) is 23.6. The normalized spacial score (nSPS) is 22.7. The lowest BCUT2D eigenvalue weighted by Gasteiger charge is -2.32. The summed E-state index contributed by atoms with van der Waals surface area (Å²) in [6.07, 6.45) is 5.96. The van der Waals surface area contributed by atoms with Crippen LogP contribution in [0.4, 0.5) is 18.9 Å². The minimum absolute atomic E-state index is 0.0930. The Morgan fingerprint density at radius 3 is 2.63 bits per heavy atom. The maximum absolute atomic E-state index is 15.1. The number of carbonyl (C=O) groups excluding carboxylic acids is 1. The van der Waals surface area contributed by atoms with Crippen molar-refractivity contribution in [2.75, 3.05) is 19.0 Å². The Morgan fingerprint density at radius 2 is 2.00 bits per heavy atom. The molecule has 1 aromatic carbocycles. The van der Waals surface area contributed by atoms with Crippen molar-refractivity contribution >= 4 is 23.1 Å². The van der Waals surface area contributed by atoms with Crippen LogP contribution in [0.1, 0.15) is 70.9 Å². The van der Waals surface area contributed by atoms with Gasteiger partial charge in [0.25, 0.3) is 6.43 Å². The van der Waals surface area contributed by atoms with E-state index in [4.69, 9.17) is 0 Å². The van der Waals surface area contributed by atoms with E-state index in [0.717, 1.165) is 41.6 Å². The number of likely N-dealkylation sites (N-methyl/N-ethyl adjacent to an activating group) is 1. The maximum atomic E-state index is 15.1. The van der Waals surface area contributed by atoms with Crippen LogP contribution in [-0.2, 0) is 17.8 Å². The molecule has 0 unspecified atom stereocenters. The molecule has 1 aliphatic heterocycles. The van der Waals surface area contributed by atoms with Crippen molar-refractivity contribution < 1.29 is 18.0 Å². The Balaban J connectivity index is 0.00000247. The van der Waals surface area contributed by atoms with Gasteiger partial charge in [0, 0.05) is 38.1 Å². The van der Waals surface area contributed by atoms with Gasteiger partial charge in [-0.1, -0.05) is 44.2 Å². The van der Waals surface area contributed by atoms with Gasteiger partial charge in [0.05, 0.1) is 6.42 Å². The van der Waals surface area contributed by atoms with Gasteiger partial charge in [0.1, 0.15) is 6.17 Å². The summed E-state index contributed by atoms with van der Waals surface area (Å²) in [5.41, 5.74) is 4.39. The molecular weight excluding hydrogens is 489 g/mol. The number of hydrogen-bond acceptors (Lipinski definition) is 3. The lowest BCUT2D eigenvalue weighted by atomic mass is 9.81. The number of anilines is 1. The molecular formula is C30H43F3N4O. The van der Waals surface area contributed by atoms with Crippen molar-refractivity contribution in [3.05, 3.63) is 53.1 Å². The zero-order chi connectivity index (χ0) is 28.2. The van der Waals surface area contributed by atoms with Crippen molar-refractivity contribution in [3.8, 4) is 0 Å². The predicted molar refractivity (Wildman–Crippen MR) is 152 cm³/mol. The molecule has 3 atom stereocenters. The highest BCUT2D eigenvalue weighted by molar-refractivity contribution is 6.06. The molecule has 210 valence electrons. The van der Waals surface area contributed by atoms with E-state index >= 15 is 4.39 Å². The number of nitrogens with one attached hydrogen (secondary N) is 1. The minimum atomic E-state index is -2.72. The van der Waals surface area contributed by atoms with Gasteiger partial charge in [0.2, 0.25) is 5.91 Å². The number of hydrogen-bond donors (Lipinski definition) is 1. The molecule has 3 rings (SSSR count). The molecule has 0 saturated heterocycles. The van der Waals surface area contributed by atoms with Crippen LogP contribution >= 0.6 is 0 Å². The van der Waals surface area contributed by atoms with Crippen LogP contribution in [0.3, 0.4) is 0 Å². The van der Waals surface area contributed by atoms with E-state index in [1.807, 2.05) is 57.2 Å². The van der Waals surface area contributed by atoms with Crippen molar-refractivity contribution in [1.29, 1.82) is 0 Å². The van der Waals surface area contributed by atoms with Crippen LogP contribution in [0.2, 0.25) is 0 Å². The summed E-state index contributed by atoms with van der Waals surface area (Å²) < 4.78 is 41.2. The number of nitrogens with zero attached hydrogens (tertiary/aromatic N) is 3. The average Bonchev–Trinajstić information content (AvgIpc) is 3.20. The van der Waals surface area contributed by atoms with Crippen molar-refractivity contribution in [2.24, 2.45) is 15.9 Å². The topological polar surface area (TPSA) is 57.1 Å². The zero-order valence-corrected chi connectivity index (χ0v) is 23.6. The van der Waals surface area contributed by atoms with Crippen LogP contribution in [0.15, 0.2) is 52.0 Å². The first-order valence-corrected chi connectivity index (χ1v) is 13.6. The van der Waals surface area contributed by atoms with Gasteiger partial charge in [-0.25, -0.2) is 18.2 Å². The lowest BCUT2D eigenvalue weighted by molar-refractivity contribution is -0.117. The predicted octanol–water partition coefficient (Wildman–Crippen LogP) is 6.87. The third-order valence-electron chi connectivity index (χ3n) is 7.16. The summed E-state index contributed by atoms with van der Waals surface area (Å²) >= 11 is 0. The van der Waals surface area contributed by atoms with Gasteiger partial charge in [0.15, 0.2) is 5.84 Å². The molecule has 0 radical (unpaired) electrons. The molecule has 5 nitrogen and oxygen atoms in total. The molecule has 0 bridgehead atoms. The lowest BCUT2D eigenvalue weighted by Crippen LogP contribution is -2.41. The van der Waals surface area contributed by atoms with Crippen LogP contribution < -0.4 is 10.2 Å².